The van der Waals surface area contributed by atoms with Crippen molar-refractivity contribution in [3.05, 3.63) is 70.2 Å². The molecular weight excluding hydrogens is 311 g/mol. The zero-order valence-electron chi connectivity index (χ0n) is 10.8. The van der Waals surface area contributed by atoms with E-state index in [0.717, 1.165) is 17.2 Å². The summed E-state index contributed by atoms with van der Waals surface area (Å²) in [5.74, 6) is -1.10. The Morgan fingerprint density at radius 1 is 1.10 bits per heavy atom. The van der Waals surface area contributed by atoms with Crippen LogP contribution in [-0.2, 0) is 4.79 Å². The van der Waals surface area contributed by atoms with Gasteiger partial charge in [-0.05, 0) is 29.3 Å². The molecule has 2 aromatic rings. The normalized spacial score (nSPS) is 12.5. The summed E-state index contributed by atoms with van der Waals surface area (Å²) in [6.45, 7) is 0. The molecule has 0 spiro atoms. The first-order valence-electron chi connectivity index (χ1n) is 6.12. The second-order valence-electron chi connectivity index (χ2n) is 4.39. The van der Waals surface area contributed by atoms with Crippen molar-refractivity contribution in [3.63, 3.8) is 0 Å². The maximum Gasteiger partial charge on any atom is 0.328 e. The van der Waals surface area contributed by atoms with E-state index in [4.69, 9.17) is 28.3 Å². The summed E-state index contributed by atoms with van der Waals surface area (Å²) < 4.78 is 0. The highest BCUT2D eigenvalue weighted by Crippen LogP contribution is 2.31. The highest BCUT2D eigenvalue weighted by atomic mass is 35.5. The summed E-state index contributed by atoms with van der Waals surface area (Å²) in [6, 6.07) is 12.3. The fraction of sp³-hybridized carbons (Fsp3) is 0.0625. The molecule has 108 valence electrons. The molecule has 0 aliphatic rings. The average Bonchev–Trinajstić information content (AvgIpc) is 2.45. The number of rotatable bonds is 4. The molecule has 3 nitrogen and oxygen atoms in total. The summed E-state index contributed by atoms with van der Waals surface area (Å²) in [4.78, 5) is 10.4. The van der Waals surface area contributed by atoms with Gasteiger partial charge >= 0.3 is 5.97 Å². The van der Waals surface area contributed by atoms with Crippen LogP contribution in [0.3, 0.4) is 0 Å². The molecule has 2 rings (SSSR count). The number of carbonyl (C=O) groups is 1. The Balaban J connectivity index is 2.24. The molecule has 0 heterocycles. The lowest BCUT2D eigenvalue weighted by Crippen LogP contribution is -1.95. The standard InChI is InChI=1S/C16H12Cl2O3/c17-12-5-6-13(14(18)9-12)10-1-3-11(4-2-10)15(19)7-8-16(20)21/h1-9,15,19H,(H,20,21)/b8-7+. The highest BCUT2D eigenvalue weighted by Gasteiger charge is 2.07. The first-order valence-corrected chi connectivity index (χ1v) is 6.87. The third-order valence-corrected chi connectivity index (χ3v) is 3.46. The first-order chi connectivity index (χ1) is 9.97. The number of aliphatic hydroxyl groups is 1. The molecule has 0 bridgehead atoms. The van der Waals surface area contributed by atoms with Crippen LogP contribution in [0.25, 0.3) is 11.1 Å². The summed E-state index contributed by atoms with van der Waals surface area (Å²) in [5, 5.41) is 19.5. The Morgan fingerprint density at radius 3 is 2.33 bits per heavy atom. The molecule has 21 heavy (non-hydrogen) atoms. The van der Waals surface area contributed by atoms with Crippen molar-refractivity contribution in [2.45, 2.75) is 6.10 Å². The van der Waals surface area contributed by atoms with E-state index in [1.165, 1.54) is 6.08 Å². The summed E-state index contributed by atoms with van der Waals surface area (Å²) in [7, 11) is 0. The van der Waals surface area contributed by atoms with Gasteiger partial charge in [0, 0.05) is 21.7 Å². The summed E-state index contributed by atoms with van der Waals surface area (Å²) in [6.07, 6.45) is 1.16. The van der Waals surface area contributed by atoms with Gasteiger partial charge < -0.3 is 10.2 Å². The zero-order chi connectivity index (χ0) is 15.4. The van der Waals surface area contributed by atoms with Gasteiger partial charge in [-0.1, -0.05) is 53.5 Å². The van der Waals surface area contributed by atoms with Crippen molar-refractivity contribution in [2.75, 3.05) is 0 Å². The molecule has 0 aliphatic heterocycles. The van der Waals surface area contributed by atoms with Gasteiger partial charge in [-0.25, -0.2) is 4.79 Å². The molecule has 0 aromatic heterocycles. The van der Waals surface area contributed by atoms with E-state index in [1.54, 1.807) is 24.3 Å². The number of hydrogen-bond acceptors (Lipinski definition) is 2. The van der Waals surface area contributed by atoms with Crippen molar-refractivity contribution in [1.29, 1.82) is 0 Å². The lowest BCUT2D eigenvalue weighted by atomic mass is 10.0. The number of halogens is 2. The molecule has 0 radical (unpaired) electrons. The van der Waals surface area contributed by atoms with Gasteiger partial charge in [0.2, 0.25) is 0 Å². The van der Waals surface area contributed by atoms with Crippen LogP contribution in [0.15, 0.2) is 54.6 Å². The van der Waals surface area contributed by atoms with Crippen molar-refractivity contribution in [2.24, 2.45) is 0 Å². The summed E-state index contributed by atoms with van der Waals surface area (Å²) in [5.41, 5.74) is 2.32. The van der Waals surface area contributed by atoms with E-state index in [1.807, 2.05) is 18.2 Å². The van der Waals surface area contributed by atoms with Crippen LogP contribution in [0, 0.1) is 0 Å². The lowest BCUT2D eigenvalue weighted by Gasteiger charge is -2.09. The van der Waals surface area contributed by atoms with Crippen molar-refractivity contribution >= 4 is 29.2 Å². The first kappa shape index (κ1) is 15.6. The van der Waals surface area contributed by atoms with Crippen molar-refractivity contribution in [3.8, 4) is 11.1 Å². The van der Waals surface area contributed by atoms with Gasteiger partial charge in [-0.15, -0.1) is 0 Å². The number of hydrogen-bond donors (Lipinski definition) is 2. The minimum Gasteiger partial charge on any atom is -0.478 e. The number of aliphatic hydroxyl groups excluding tert-OH is 1. The van der Waals surface area contributed by atoms with Gasteiger partial charge in [-0.3, -0.25) is 0 Å². The van der Waals surface area contributed by atoms with E-state index < -0.39 is 12.1 Å². The third kappa shape index (κ3) is 4.08. The van der Waals surface area contributed by atoms with Crippen LogP contribution in [0.5, 0.6) is 0 Å². The van der Waals surface area contributed by atoms with E-state index in [-0.39, 0.29) is 0 Å². The van der Waals surface area contributed by atoms with Crippen LogP contribution < -0.4 is 0 Å². The average molecular weight is 323 g/mol. The fourth-order valence-electron chi connectivity index (χ4n) is 1.87. The molecule has 0 saturated carbocycles. The molecule has 5 heteroatoms. The van der Waals surface area contributed by atoms with Gasteiger partial charge in [0.15, 0.2) is 0 Å². The topological polar surface area (TPSA) is 57.5 Å². The Hall–Kier alpha value is -1.81. The Morgan fingerprint density at radius 2 is 1.76 bits per heavy atom. The molecule has 0 aliphatic carbocycles. The second kappa shape index (κ2) is 6.76. The molecule has 0 amide bonds. The van der Waals surface area contributed by atoms with E-state index in [2.05, 4.69) is 0 Å². The molecule has 1 atom stereocenters. The SMILES string of the molecule is O=C(O)/C=C/C(O)c1ccc(-c2ccc(Cl)cc2Cl)cc1. The molecule has 2 aromatic carbocycles. The maximum absolute atomic E-state index is 10.4. The number of aliphatic carboxylic acids is 1. The quantitative estimate of drug-likeness (QED) is 0.823. The zero-order valence-corrected chi connectivity index (χ0v) is 12.3. The largest absolute Gasteiger partial charge is 0.478 e. The molecule has 1 unspecified atom stereocenters. The number of benzene rings is 2. The lowest BCUT2D eigenvalue weighted by molar-refractivity contribution is -0.131. The Labute approximate surface area is 132 Å². The van der Waals surface area contributed by atoms with E-state index in [9.17, 15) is 9.90 Å². The van der Waals surface area contributed by atoms with E-state index in [0.29, 0.717) is 15.6 Å². The molecule has 0 saturated heterocycles. The van der Waals surface area contributed by atoms with Crippen LogP contribution in [0.1, 0.15) is 11.7 Å². The van der Waals surface area contributed by atoms with Gasteiger partial charge in [-0.2, -0.15) is 0 Å². The third-order valence-electron chi connectivity index (χ3n) is 2.92. The maximum atomic E-state index is 10.4. The smallest absolute Gasteiger partial charge is 0.328 e. The van der Waals surface area contributed by atoms with Gasteiger partial charge in [0.05, 0.1) is 6.10 Å². The minimum atomic E-state index is -1.10. The Kier molecular flexibility index (Phi) is 5.02. The van der Waals surface area contributed by atoms with Crippen molar-refractivity contribution in [1.82, 2.24) is 0 Å². The molecular formula is C16H12Cl2O3. The Bertz CT molecular complexity index is 678. The van der Waals surface area contributed by atoms with Crippen LogP contribution in [0.4, 0.5) is 0 Å². The predicted octanol–water partition coefficient (Wildman–Crippen LogP) is 4.33. The minimum absolute atomic E-state index is 0.543. The number of carboxylic acids is 1. The predicted molar refractivity (Wildman–Crippen MR) is 83.6 cm³/mol. The van der Waals surface area contributed by atoms with Crippen LogP contribution in [-0.4, -0.2) is 16.2 Å². The summed E-state index contributed by atoms with van der Waals surface area (Å²) >= 11 is 12.0. The monoisotopic (exact) mass is 322 g/mol. The van der Waals surface area contributed by atoms with Gasteiger partial charge in [0.1, 0.15) is 0 Å². The van der Waals surface area contributed by atoms with Crippen LogP contribution in [0.2, 0.25) is 10.0 Å². The highest BCUT2D eigenvalue weighted by molar-refractivity contribution is 6.36. The molecule has 2 N–H and O–H groups in total. The second-order valence-corrected chi connectivity index (χ2v) is 5.23. The van der Waals surface area contributed by atoms with Crippen molar-refractivity contribution < 1.29 is 15.0 Å². The molecule has 0 fully saturated rings. The van der Waals surface area contributed by atoms with Crippen LogP contribution >= 0.6 is 23.2 Å². The van der Waals surface area contributed by atoms with Gasteiger partial charge in [0.25, 0.3) is 0 Å². The fourth-order valence-corrected chi connectivity index (χ4v) is 2.39. The number of carboxylic acid groups (broad SMARTS) is 1. The van der Waals surface area contributed by atoms with E-state index >= 15 is 0 Å².